The molecule has 1 amide bonds. The molecule has 2 aromatic rings. The average Bonchev–Trinajstić information content (AvgIpc) is 2.42. The second-order valence-corrected chi connectivity index (χ2v) is 4.71. The van der Waals surface area contributed by atoms with Crippen molar-refractivity contribution in [3.8, 4) is 5.75 Å². The van der Waals surface area contributed by atoms with Gasteiger partial charge < -0.3 is 15.5 Å². The summed E-state index contributed by atoms with van der Waals surface area (Å²) in [6.45, 7) is 0. The first-order chi connectivity index (χ1) is 9.47. The van der Waals surface area contributed by atoms with Crippen molar-refractivity contribution in [2.45, 2.75) is 0 Å². The van der Waals surface area contributed by atoms with Crippen LogP contribution in [0.2, 0.25) is 0 Å². The van der Waals surface area contributed by atoms with E-state index >= 15 is 0 Å². The molecule has 0 aliphatic rings. The number of hydrogen-bond donors (Lipinski definition) is 3. The van der Waals surface area contributed by atoms with Crippen molar-refractivity contribution in [3.63, 3.8) is 0 Å². The molecular formula is C13H9BrN2O4. The first-order valence-electron chi connectivity index (χ1n) is 5.46. The van der Waals surface area contributed by atoms with E-state index in [4.69, 9.17) is 5.11 Å². The number of aromatic nitrogens is 1. The van der Waals surface area contributed by atoms with Crippen molar-refractivity contribution >= 4 is 33.6 Å². The molecule has 0 fully saturated rings. The van der Waals surface area contributed by atoms with Gasteiger partial charge in [-0.3, -0.25) is 4.79 Å². The summed E-state index contributed by atoms with van der Waals surface area (Å²) in [5.41, 5.74) is 0.252. The second kappa shape index (κ2) is 5.70. The van der Waals surface area contributed by atoms with Gasteiger partial charge in [0, 0.05) is 11.8 Å². The predicted octanol–water partition coefficient (Wildman–Crippen LogP) is 2.50. The van der Waals surface area contributed by atoms with E-state index in [1.165, 1.54) is 36.5 Å². The summed E-state index contributed by atoms with van der Waals surface area (Å²) in [7, 11) is 0. The number of rotatable bonds is 3. The van der Waals surface area contributed by atoms with Crippen molar-refractivity contribution in [2.24, 2.45) is 0 Å². The average molecular weight is 337 g/mol. The number of benzene rings is 1. The standard InChI is InChI=1S/C13H9BrN2O4/c14-9-2-1-7(5-10(9)17)12(18)16-11-6-8(13(19)20)3-4-15-11/h1-6,17H,(H,19,20)(H,15,16,18). The third kappa shape index (κ3) is 3.12. The van der Waals surface area contributed by atoms with Crippen LogP contribution in [0, 0.1) is 0 Å². The Balaban J connectivity index is 2.21. The number of halogens is 1. The van der Waals surface area contributed by atoms with E-state index in [1.54, 1.807) is 0 Å². The number of pyridine rings is 1. The van der Waals surface area contributed by atoms with Gasteiger partial charge in [0.2, 0.25) is 0 Å². The Hall–Kier alpha value is -2.41. The van der Waals surface area contributed by atoms with Gasteiger partial charge in [0.25, 0.3) is 5.91 Å². The van der Waals surface area contributed by atoms with Crippen LogP contribution < -0.4 is 5.32 Å². The quantitative estimate of drug-likeness (QED) is 0.799. The molecule has 0 spiro atoms. The van der Waals surface area contributed by atoms with E-state index < -0.39 is 11.9 Å². The smallest absolute Gasteiger partial charge is 0.335 e. The monoisotopic (exact) mass is 336 g/mol. The molecule has 1 aromatic carbocycles. The molecule has 102 valence electrons. The van der Waals surface area contributed by atoms with Gasteiger partial charge in [-0.25, -0.2) is 9.78 Å². The molecular weight excluding hydrogens is 328 g/mol. The van der Waals surface area contributed by atoms with Crippen molar-refractivity contribution < 1.29 is 19.8 Å². The van der Waals surface area contributed by atoms with Crippen LogP contribution in [0.25, 0.3) is 0 Å². The minimum atomic E-state index is -1.11. The predicted molar refractivity (Wildman–Crippen MR) is 75.0 cm³/mol. The minimum Gasteiger partial charge on any atom is -0.507 e. The van der Waals surface area contributed by atoms with Gasteiger partial charge in [-0.05, 0) is 46.3 Å². The first kappa shape index (κ1) is 14.0. The minimum absolute atomic E-state index is 0.0222. The summed E-state index contributed by atoms with van der Waals surface area (Å²) >= 11 is 3.11. The van der Waals surface area contributed by atoms with Gasteiger partial charge in [-0.2, -0.15) is 0 Å². The molecule has 0 bridgehead atoms. The maximum atomic E-state index is 11.9. The van der Waals surface area contributed by atoms with Crippen LogP contribution in [0.1, 0.15) is 20.7 Å². The Morgan fingerprint density at radius 2 is 1.90 bits per heavy atom. The van der Waals surface area contributed by atoms with Gasteiger partial charge in [0.15, 0.2) is 0 Å². The lowest BCUT2D eigenvalue weighted by molar-refractivity contribution is 0.0696. The summed E-state index contributed by atoms with van der Waals surface area (Å²) in [5.74, 6) is -1.55. The SMILES string of the molecule is O=C(O)c1ccnc(NC(=O)c2ccc(Br)c(O)c2)c1. The zero-order chi connectivity index (χ0) is 14.7. The number of amides is 1. The molecule has 0 saturated heterocycles. The summed E-state index contributed by atoms with van der Waals surface area (Å²) in [5, 5.41) is 20.8. The fourth-order valence-electron chi connectivity index (χ4n) is 1.47. The topological polar surface area (TPSA) is 99.5 Å². The molecule has 0 atom stereocenters. The van der Waals surface area contributed by atoms with Crippen LogP contribution in [0.15, 0.2) is 41.0 Å². The lowest BCUT2D eigenvalue weighted by atomic mass is 10.2. The summed E-state index contributed by atoms with van der Waals surface area (Å²) < 4.78 is 0.472. The molecule has 0 aliphatic heterocycles. The summed E-state index contributed by atoms with van der Waals surface area (Å²) in [4.78, 5) is 26.6. The van der Waals surface area contributed by atoms with Crippen LogP contribution in [0.5, 0.6) is 5.75 Å². The van der Waals surface area contributed by atoms with E-state index in [2.05, 4.69) is 26.2 Å². The van der Waals surface area contributed by atoms with E-state index in [0.717, 1.165) is 0 Å². The highest BCUT2D eigenvalue weighted by atomic mass is 79.9. The van der Waals surface area contributed by atoms with Crippen molar-refractivity contribution in [2.75, 3.05) is 5.32 Å². The largest absolute Gasteiger partial charge is 0.507 e. The second-order valence-electron chi connectivity index (χ2n) is 3.86. The van der Waals surface area contributed by atoms with Crippen molar-refractivity contribution in [3.05, 3.63) is 52.1 Å². The molecule has 1 aromatic heterocycles. The fourth-order valence-corrected chi connectivity index (χ4v) is 1.72. The van der Waals surface area contributed by atoms with Crippen LogP contribution >= 0.6 is 15.9 Å². The molecule has 3 N–H and O–H groups in total. The normalized spacial score (nSPS) is 10.1. The number of hydrogen-bond acceptors (Lipinski definition) is 4. The van der Waals surface area contributed by atoms with Gasteiger partial charge in [0.1, 0.15) is 11.6 Å². The molecule has 1 heterocycles. The number of phenolic OH excluding ortho intramolecular Hbond substituents is 1. The van der Waals surface area contributed by atoms with Crippen molar-refractivity contribution in [1.82, 2.24) is 4.98 Å². The summed E-state index contributed by atoms with van der Waals surface area (Å²) in [6, 6.07) is 6.91. The van der Waals surface area contributed by atoms with Crippen LogP contribution in [-0.2, 0) is 0 Å². The lowest BCUT2D eigenvalue weighted by Crippen LogP contribution is -2.13. The highest BCUT2D eigenvalue weighted by molar-refractivity contribution is 9.10. The van der Waals surface area contributed by atoms with E-state index in [-0.39, 0.29) is 22.7 Å². The maximum Gasteiger partial charge on any atom is 0.335 e. The van der Waals surface area contributed by atoms with E-state index in [9.17, 15) is 14.7 Å². The molecule has 20 heavy (non-hydrogen) atoms. The number of carbonyl (C=O) groups excluding carboxylic acids is 1. The van der Waals surface area contributed by atoms with Crippen molar-refractivity contribution in [1.29, 1.82) is 0 Å². The Labute approximate surface area is 122 Å². The fraction of sp³-hybridized carbons (Fsp3) is 0. The van der Waals surface area contributed by atoms with Crippen LogP contribution in [-0.4, -0.2) is 27.1 Å². The number of carboxylic acids is 1. The third-order valence-corrected chi connectivity index (χ3v) is 3.13. The zero-order valence-electron chi connectivity index (χ0n) is 10.0. The molecule has 2 rings (SSSR count). The number of aromatic hydroxyl groups is 1. The number of anilines is 1. The third-order valence-electron chi connectivity index (χ3n) is 2.46. The molecule has 6 nitrogen and oxygen atoms in total. The molecule has 0 unspecified atom stereocenters. The Morgan fingerprint density at radius 1 is 1.15 bits per heavy atom. The number of carbonyl (C=O) groups is 2. The van der Waals surface area contributed by atoms with Gasteiger partial charge in [-0.15, -0.1) is 0 Å². The van der Waals surface area contributed by atoms with Crippen LogP contribution in [0.3, 0.4) is 0 Å². The van der Waals surface area contributed by atoms with Crippen LogP contribution in [0.4, 0.5) is 5.82 Å². The maximum absolute atomic E-state index is 11.9. The highest BCUT2D eigenvalue weighted by Gasteiger charge is 2.11. The first-order valence-corrected chi connectivity index (χ1v) is 6.26. The van der Waals surface area contributed by atoms with E-state index in [1.807, 2.05) is 0 Å². The molecule has 0 aliphatic carbocycles. The lowest BCUT2D eigenvalue weighted by Gasteiger charge is -2.06. The molecule has 7 heteroatoms. The zero-order valence-corrected chi connectivity index (χ0v) is 11.6. The molecule has 0 radical (unpaired) electrons. The number of nitrogens with one attached hydrogen (secondary N) is 1. The Bertz CT molecular complexity index is 688. The van der Waals surface area contributed by atoms with E-state index in [0.29, 0.717) is 4.47 Å². The summed E-state index contributed by atoms with van der Waals surface area (Å²) in [6.07, 6.45) is 1.29. The number of carboxylic acid groups (broad SMARTS) is 1. The number of phenols is 1. The van der Waals surface area contributed by atoms with Gasteiger partial charge >= 0.3 is 5.97 Å². The van der Waals surface area contributed by atoms with Gasteiger partial charge in [0.05, 0.1) is 10.0 Å². The number of aromatic carboxylic acids is 1. The van der Waals surface area contributed by atoms with Gasteiger partial charge in [-0.1, -0.05) is 0 Å². The molecule has 0 saturated carbocycles. The Kier molecular flexibility index (Phi) is 3.99. The Morgan fingerprint density at radius 3 is 2.55 bits per heavy atom. The highest BCUT2D eigenvalue weighted by Crippen LogP contribution is 2.24. The number of nitrogens with zero attached hydrogens (tertiary/aromatic N) is 1.